The lowest BCUT2D eigenvalue weighted by atomic mass is 10.1. The van der Waals surface area contributed by atoms with Crippen LogP contribution in [0.15, 0.2) is 34.2 Å². The third-order valence-electron chi connectivity index (χ3n) is 4.79. The Morgan fingerprint density at radius 3 is 2.59 bits per heavy atom. The van der Waals surface area contributed by atoms with Crippen LogP contribution in [0.2, 0.25) is 0 Å². The minimum Gasteiger partial charge on any atom is -0.356 e. The number of nitrogens with zero attached hydrogens (tertiary/aromatic N) is 2. The molecule has 152 valence electrons. The number of sulfonamides is 1. The summed E-state index contributed by atoms with van der Waals surface area (Å²) in [6.07, 6.45) is 5.28. The number of nitrogens with one attached hydrogen (secondary N) is 2. The Kier molecular flexibility index (Phi) is 8.57. The van der Waals surface area contributed by atoms with Gasteiger partial charge in [0.2, 0.25) is 10.0 Å². The molecule has 1 aliphatic rings. The molecule has 1 fully saturated rings. The van der Waals surface area contributed by atoms with Crippen molar-refractivity contribution in [2.45, 2.75) is 57.4 Å². The summed E-state index contributed by atoms with van der Waals surface area (Å²) >= 11 is 0. The van der Waals surface area contributed by atoms with Gasteiger partial charge < -0.3 is 10.6 Å². The van der Waals surface area contributed by atoms with E-state index in [1.165, 1.54) is 6.42 Å². The van der Waals surface area contributed by atoms with E-state index in [1.807, 2.05) is 12.1 Å². The van der Waals surface area contributed by atoms with Crippen molar-refractivity contribution in [1.82, 2.24) is 14.9 Å². The first kappa shape index (κ1) is 21.7. The number of benzene rings is 1. The Morgan fingerprint density at radius 2 is 1.93 bits per heavy atom. The van der Waals surface area contributed by atoms with E-state index in [4.69, 9.17) is 0 Å². The molecule has 0 aromatic heterocycles. The molecule has 0 bridgehead atoms. The molecule has 1 aromatic rings. The molecule has 7 heteroatoms. The van der Waals surface area contributed by atoms with Crippen LogP contribution < -0.4 is 10.6 Å². The molecule has 0 unspecified atom stereocenters. The van der Waals surface area contributed by atoms with Gasteiger partial charge in [-0.25, -0.2) is 8.42 Å². The van der Waals surface area contributed by atoms with E-state index in [0.717, 1.165) is 43.8 Å². The first-order valence-corrected chi connectivity index (χ1v) is 11.4. The fourth-order valence-electron chi connectivity index (χ4n) is 3.19. The van der Waals surface area contributed by atoms with Gasteiger partial charge in [0.1, 0.15) is 0 Å². The zero-order valence-electron chi connectivity index (χ0n) is 16.9. The minimum atomic E-state index is -3.39. The van der Waals surface area contributed by atoms with E-state index in [-0.39, 0.29) is 0 Å². The number of aliphatic imine (C=N–C) groups is 1. The maximum absolute atomic E-state index is 12.8. The maximum atomic E-state index is 12.8. The van der Waals surface area contributed by atoms with Crippen LogP contribution in [0.1, 0.15) is 51.5 Å². The molecule has 0 aliphatic carbocycles. The van der Waals surface area contributed by atoms with Crippen molar-refractivity contribution >= 4 is 16.0 Å². The Hall–Kier alpha value is -1.60. The number of rotatable bonds is 8. The van der Waals surface area contributed by atoms with Crippen LogP contribution in [0, 0.1) is 5.92 Å². The summed E-state index contributed by atoms with van der Waals surface area (Å²) in [4.78, 5) is 4.61. The molecule has 6 nitrogen and oxygen atoms in total. The molecule has 0 amide bonds. The highest BCUT2D eigenvalue weighted by Gasteiger charge is 2.25. The lowest BCUT2D eigenvalue weighted by Gasteiger charge is -2.26. The van der Waals surface area contributed by atoms with Crippen molar-refractivity contribution in [2.75, 3.05) is 26.7 Å². The van der Waals surface area contributed by atoms with Crippen molar-refractivity contribution in [3.8, 4) is 0 Å². The van der Waals surface area contributed by atoms with Crippen LogP contribution in [-0.4, -0.2) is 45.4 Å². The highest BCUT2D eigenvalue weighted by Crippen LogP contribution is 2.21. The molecule has 0 saturated carbocycles. The van der Waals surface area contributed by atoms with Crippen LogP contribution in [0.25, 0.3) is 0 Å². The van der Waals surface area contributed by atoms with Crippen molar-refractivity contribution in [2.24, 2.45) is 10.9 Å². The average Bonchev–Trinajstić information content (AvgIpc) is 2.68. The normalized spacial score (nSPS) is 16.5. The Bertz CT molecular complexity index is 710. The van der Waals surface area contributed by atoms with E-state index in [0.29, 0.717) is 30.4 Å². The van der Waals surface area contributed by atoms with E-state index >= 15 is 0 Å². The van der Waals surface area contributed by atoms with Gasteiger partial charge in [0.05, 0.1) is 4.90 Å². The monoisotopic (exact) mass is 394 g/mol. The van der Waals surface area contributed by atoms with E-state index in [2.05, 4.69) is 29.5 Å². The Labute approximate surface area is 164 Å². The number of hydrogen-bond acceptors (Lipinski definition) is 3. The lowest BCUT2D eigenvalue weighted by molar-refractivity contribution is 0.346. The molecule has 2 N–H and O–H groups in total. The number of guanidine groups is 1. The Balaban J connectivity index is 1.92. The van der Waals surface area contributed by atoms with Crippen LogP contribution in [0.5, 0.6) is 0 Å². The summed E-state index contributed by atoms with van der Waals surface area (Å²) < 4.78 is 27.3. The van der Waals surface area contributed by atoms with Gasteiger partial charge in [-0.05, 0) is 49.3 Å². The second-order valence-electron chi connectivity index (χ2n) is 7.50. The Morgan fingerprint density at radius 1 is 1.19 bits per heavy atom. The average molecular weight is 395 g/mol. The molecular weight excluding hydrogens is 360 g/mol. The van der Waals surface area contributed by atoms with Gasteiger partial charge in [0, 0.05) is 33.2 Å². The van der Waals surface area contributed by atoms with Crippen molar-refractivity contribution in [1.29, 1.82) is 0 Å². The molecule has 0 spiro atoms. The molecule has 0 radical (unpaired) electrons. The van der Waals surface area contributed by atoms with Crippen LogP contribution >= 0.6 is 0 Å². The SMILES string of the molecule is CN=C(NCCCC(C)C)NCc1cccc(S(=O)(=O)N2CCCCC2)c1. The van der Waals surface area contributed by atoms with Gasteiger partial charge >= 0.3 is 0 Å². The van der Waals surface area contributed by atoms with E-state index in [9.17, 15) is 8.42 Å². The molecule has 1 saturated heterocycles. The topological polar surface area (TPSA) is 73.8 Å². The fraction of sp³-hybridized carbons (Fsp3) is 0.650. The van der Waals surface area contributed by atoms with Gasteiger partial charge in [-0.15, -0.1) is 0 Å². The van der Waals surface area contributed by atoms with Crippen LogP contribution in [0.4, 0.5) is 0 Å². The summed E-state index contributed by atoms with van der Waals surface area (Å²) in [6.45, 7) is 7.10. The van der Waals surface area contributed by atoms with Crippen molar-refractivity contribution < 1.29 is 8.42 Å². The largest absolute Gasteiger partial charge is 0.356 e. The molecular formula is C20H34N4O2S. The molecule has 1 aliphatic heterocycles. The van der Waals surface area contributed by atoms with E-state index in [1.54, 1.807) is 23.5 Å². The maximum Gasteiger partial charge on any atom is 0.243 e. The minimum absolute atomic E-state index is 0.378. The predicted octanol–water partition coefficient (Wildman–Crippen LogP) is 2.96. The quantitative estimate of drug-likeness (QED) is 0.404. The molecule has 1 heterocycles. The third kappa shape index (κ3) is 6.81. The van der Waals surface area contributed by atoms with Gasteiger partial charge in [-0.3, -0.25) is 4.99 Å². The summed E-state index contributed by atoms with van der Waals surface area (Å²) in [7, 11) is -1.65. The first-order chi connectivity index (χ1) is 12.9. The summed E-state index contributed by atoms with van der Waals surface area (Å²) in [5.41, 5.74) is 0.929. The number of piperidine rings is 1. The first-order valence-electron chi connectivity index (χ1n) is 9.97. The fourth-order valence-corrected chi connectivity index (χ4v) is 4.78. The third-order valence-corrected chi connectivity index (χ3v) is 6.68. The summed E-state index contributed by atoms with van der Waals surface area (Å²) in [6, 6.07) is 7.20. The zero-order chi connectivity index (χ0) is 19.7. The summed E-state index contributed by atoms with van der Waals surface area (Å²) in [5, 5.41) is 6.57. The summed E-state index contributed by atoms with van der Waals surface area (Å²) in [5.74, 6) is 1.44. The van der Waals surface area contributed by atoms with Crippen LogP contribution in [0.3, 0.4) is 0 Å². The highest BCUT2D eigenvalue weighted by molar-refractivity contribution is 7.89. The molecule has 0 atom stereocenters. The molecule has 27 heavy (non-hydrogen) atoms. The van der Waals surface area contributed by atoms with Gasteiger partial charge in [0.25, 0.3) is 0 Å². The van der Waals surface area contributed by atoms with Gasteiger partial charge in [-0.1, -0.05) is 32.4 Å². The molecule has 2 rings (SSSR count). The number of hydrogen-bond donors (Lipinski definition) is 2. The lowest BCUT2D eigenvalue weighted by Crippen LogP contribution is -2.37. The van der Waals surface area contributed by atoms with Crippen molar-refractivity contribution in [3.63, 3.8) is 0 Å². The molecule has 1 aromatic carbocycles. The predicted molar refractivity (Wildman–Crippen MR) is 111 cm³/mol. The van der Waals surface area contributed by atoms with E-state index < -0.39 is 10.0 Å². The van der Waals surface area contributed by atoms with Gasteiger partial charge in [0.15, 0.2) is 5.96 Å². The second kappa shape index (κ2) is 10.7. The zero-order valence-corrected chi connectivity index (χ0v) is 17.7. The van der Waals surface area contributed by atoms with Crippen LogP contribution in [-0.2, 0) is 16.6 Å². The smallest absolute Gasteiger partial charge is 0.243 e. The van der Waals surface area contributed by atoms with Crippen molar-refractivity contribution in [3.05, 3.63) is 29.8 Å². The highest BCUT2D eigenvalue weighted by atomic mass is 32.2. The van der Waals surface area contributed by atoms with Gasteiger partial charge in [-0.2, -0.15) is 4.31 Å². The standard InChI is InChI=1S/C20H34N4O2S/c1-17(2)9-8-12-22-20(21-3)23-16-18-10-7-11-19(15-18)27(25,26)24-13-5-4-6-14-24/h7,10-11,15,17H,4-6,8-9,12-14,16H2,1-3H3,(H2,21,22,23). The second-order valence-corrected chi connectivity index (χ2v) is 9.44.